The summed E-state index contributed by atoms with van der Waals surface area (Å²) in [5.74, 6) is 0.715. The zero-order valence-corrected chi connectivity index (χ0v) is 16.4. The van der Waals surface area contributed by atoms with Gasteiger partial charge in [-0.1, -0.05) is 48.5 Å². The van der Waals surface area contributed by atoms with Gasteiger partial charge in [0.2, 0.25) is 0 Å². The molecule has 0 aliphatic carbocycles. The highest BCUT2D eigenvalue weighted by atomic mass is 32.2. The van der Waals surface area contributed by atoms with E-state index in [1.165, 1.54) is 25.9 Å². The molecular weight excluding hydrogens is 276 g/mol. The number of rotatable bonds is 6. The van der Waals surface area contributed by atoms with Crippen molar-refractivity contribution in [2.45, 2.75) is 78.1 Å². The van der Waals surface area contributed by atoms with Crippen LogP contribution in [0.2, 0.25) is 0 Å². The largest absolute Gasteiger partial charge is 0.311 e. The molecule has 0 amide bonds. The molecule has 1 aliphatic heterocycles. The van der Waals surface area contributed by atoms with Crippen LogP contribution in [0.5, 0.6) is 0 Å². The second-order valence-electron chi connectivity index (χ2n) is 8.16. The van der Waals surface area contributed by atoms with E-state index < -0.39 is 0 Å². The summed E-state index contributed by atoms with van der Waals surface area (Å²) >= 11 is 2.07. The van der Waals surface area contributed by atoms with Gasteiger partial charge in [-0.3, -0.25) is 4.90 Å². The van der Waals surface area contributed by atoms with Gasteiger partial charge < -0.3 is 5.32 Å². The summed E-state index contributed by atoms with van der Waals surface area (Å²) in [7, 11) is 0. The quantitative estimate of drug-likeness (QED) is 0.789. The van der Waals surface area contributed by atoms with Gasteiger partial charge in [0.15, 0.2) is 0 Å². The summed E-state index contributed by atoms with van der Waals surface area (Å²) < 4.78 is 0.424. The number of thioether (sulfide) groups is 1. The maximum Gasteiger partial charge on any atom is 0.0279 e. The van der Waals surface area contributed by atoms with E-state index in [0.29, 0.717) is 28.2 Å². The second-order valence-corrected chi connectivity index (χ2v) is 9.44. The molecule has 1 aliphatic rings. The summed E-state index contributed by atoms with van der Waals surface area (Å²) in [6.07, 6.45) is 4.82. The lowest BCUT2D eigenvalue weighted by Gasteiger charge is -2.49. The standard InChI is InChI=1S/C18H38N2S/c1-9-18(10-2,21-8)13-20-12-16(17(5,6)7)19-11-15(20)14(3)4/h14-16,19H,9-13H2,1-8H3. The summed E-state index contributed by atoms with van der Waals surface area (Å²) in [6, 6.07) is 1.27. The van der Waals surface area contributed by atoms with Crippen LogP contribution in [0.15, 0.2) is 0 Å². The van der Waals surface area contributed by atoms with Crippen molar-refractivity contribution in [1.82, 2.24) is 10.2 Å². The third-order valence-electron chi connectivity index (χ3n) is 5.49. The van der Waals surface area contributed by atoms with Crippen LogP contribution in [0.25, 0.3) is 0 Å². The normalized spacial score (nSPS) is 25.6. The lowest BCUT2D eigenvalue weighted by molar-refractivity contribution is 0.0543. The molecule has 1 rings (SSSR count). The Hall–Kier alpha value is 0.270. The van der Waals surface area contributed by atoms with E-state index in [1.807, 2.05) is 0 Å². The summed E-state index contributed by atoms with van der Waals surface area (Å²) in [5, 5.41) is 3.81. The number of hydrogen-bond acceptors (Lipinski definition) is 3. The first-order chi connectivity index (χ1) is 9.69. The molecule has 1 N–H and O–H groups in total. The highest BCUT2D eigenvalue weighted by molar-refractivity contribution is 8.00. The average molecular weight is 315 g/mol. The van der Waals surface area contributed by atoms with Gasteiger partial charge in [0.25, 0.3) is 0 Å². The predicted octanol–water partition coefficient (Wildman–Crippen LogP) is 4.25. The van der Waals surface area contributed by atoms with E-state index in [9.17, 15) is 0 Å². The molecule has 1 fully saturated rings. The van der Waals surface area contributed by atoms with Crippen LogP contribution in [-0.4, -0.2) is 47.6 Å². The molecule has 0 aromatic carbocycles. The van der Waals surface area contributed by atoms with Gasteiger partial charge in [-0.05, 0) is 30.4 Å². The van der Waals surface area contributed by atoms with Gasteiger partial charge in [0.05, 0.1) is 0 Å². The lowest BCUT2D eigenvalue weighted by atomic mass is 9.83. The minimum atomic E-state index is 0.334. The van der Waals surface area contributed by atoms with Gasteiger partial charge in [-0.15, -0.1) is 0 Å². The van der Waals surface area contributed by atoms with Crippen molar-refractivity contribution in [3.05, 3.63) is 0 Å². The molecule has 2 atom stereocenters. The number of nitrogens with one attached hydrogen (secondary N) is 1. The molecule has 3 heteroatoms. The Morgan fingerprint density at radius 2 is 1.76 bits per heavy atom. The molecule has 0 saturated carbocycles. The van der Waals surface area contributed by atoms with E-state index in [1.54, 1.807) is 0 Å². The zero-order valence-electron chi connectivity index (χ0n) is 15.6. The molecule has 1 saturated heterocycles. The van der Waals surface area contributed by atoms with Crippen LogP contribution in [0.1, 0.15) is 61.3 Å². The van der Waals surface area contributed by atoms with Gasteiger partial charge in [-0.25, -0.2) is 0 Å². The Balaban J connectivity index is 2.90. The third kappa shape index (κ3) is 4.87. The summed E-state index contributed by atoms with van der Waals surface area (Å²) in [4.78, 5) is 2.79. The van der Waals surface area contributed by atoms with Crippen molar-refractivity contribution in [2.75, 3.05) is 25.9 Å². The van der Waals surface area contributed by atoms with Crippen molar-refractivity contribution in [3.63, 3.8) is 0 Å². The smallest absolute Gasteiger partial charge is 0.0279 e. The van der Waals surface area contributed by atoms with E-state index >= 15 is 0 Å². The van der Waals surface area contributed by atoms with Gasteiger partial charge >= 0.3 is 0 Å². The first kappa shape index (κ1) is 19.3. The molecule has 2 unspecified atom stereocenters. The maximum absolute atomic E-state index is 3.81. The molecule has 0 spiro atoms. The molecule has 2 nitrogen and oxygen atoms in total. The molecule has 0 aromatic rings. The van der Waals surface area contributed by atoms with E-state index in [-0.39, 0.29) is 0 Å². The van der Waals surface area contributed by atoms with Crippen LogP contribution >= 0.6 is 11.8 Å². The first-order valence-electron chi connectivity index (χ1n) is 8.71. The Morgan fingerprint density at radius 3 is 2.14 bits per heavy atom. The van der Waals surface area contributed by atoms with E-state index in [0.717, 1.165) is 6.54 Å². The summed E-state index contributed by atoms with van der Waals surface area (Å²) in [6.45, 7) is 20.1. The minimum absolute atomic E-state index is 0.334. The highest BCUT2D eigenvalue weighted by Gasteiger charge is 2.38. The fourth-order valence-corrected chi connectivity index (χ4v) is 4.31. The number of nitrogens with zero attached hydrogens (tertiary/aromatic N) is 1. The summed E-state index contributed by atoms with van der Waals surface area (Å²) in [5.41, 5.74) is 0.334. The Kier molecular flexibility index (Phi) is 7.08. The first-order valence-corrected chi connectivity index (χ1v) is 9.94. The van der Waals surface area contributed by atoms with Crippen molar-refractivity contribution < 1.29 is 0 Å². The van der Waals surface area contributed by atoms with Gasteiger partial charge in [-0.2, -0.15) is 11.8 Å². The van der Waals surface area contributed by atoms with Crippen LogP contribution in [0, 0.1) is 11.3 Å². The molecule has 21 heavy (non-hydrogen) atoms. The van der Waals surface area contributed by atoms with Gasteiger partial charge in [0, 0.05) is 36.5 Å². The SMILES string of the molecule is CCC(CC)(CN1CC(C(C)(C)C)NCC1C(C)C)SC. The van der Waals surface area contributed by atoms with Crippen molar-refractivity contribution in [3.8, 4) is 0 Å². The molecule has 0 bridgehead atoms. The molecule has 1 heterocycles. The number of piperazine rings is 1. The van der Waals surface area contributed by atoms with E-state index in [2.05, 4.69) is 76.7 Å². The Morgan fingerprint density at radius 1 is 1.19 bits per heavy atom. The molecule has 126 valence electrons. The molecule has 0 radical (unpaired) electrons. The van der Waals surface area contributed by atoms with E-state index in [4.69, 9.17) is 0 Å². The van der Waals surface area contributed by atoms with Crippen LogP contribution in [0.3, 0.4) is 0 Å². The van der Waals surface area contributed by atoms with Gasteiger partial charge in [0.1, 0.15) is 0 Å². The Bertz CT molecular complexity index is 297. The topological polar surface area (TPSA) is 15.3 Å². The highest BCUT2D eigenvalue weighted by Crippen LogP contribution is 2.34. The minimum Gasteiger partial charge on any atom is -0.311 e. The fraction of sp³-hybridized carbons (Fsp3) is 1.00. The predicted molar refractivity (Wildman–Crippen MR) is 98.3 cm³/mol. The second kappa shape index (κ2) is 7.70. The zero-order chi connectivity index (χ0) is 16.3. The monoisotopic (exact) mass is 314 g/mol. The number of hydrogen-bond donors (Lipinski definition) is 1. The maximum atomic E-state index is 3.81. The van der Waals surface area contributed by atoms with Crippen molar-refractivity contribution in [1.29, 1.82) is 0 Å². The van der Waals surface area contributed by atoms with Crippen molar-refractivity contribution in [2.24, 2.45) is 11.3 Å². The van der Waals surface area contributed by atoms with Crippen molar-refractivity contribution >= 4 is 11.8 Å². The Labute approximate surface area is 137 Å². The van der Waals surface area contributed by atoms with Crippen LogP contribution < -0.4 is 5.32 Å². The van der Waals surface area contributed by atoms with Crippen LogP contribution in [-0.2, 0) is 0 Å². The third-order valence-corrected chi connectivity index (χ3v) is 7.06. The fourth-order valence-electron chi connectivity index (χ4n) is 3.44. The molecule has 0 aromatic heterocycles. The lowest BCUT2D eigenvalue weighted by Crippen LogP contribution is -2.63. The average Bonchev–Trinajstić information content (AvgIpc) is 2.43. The molecular formula is C18H38N2S. The van der Waals surface area contributed by atoms with Crippen LogP contribution in [0.4, 0.5) is 0 Å².